The second-order valence-corrected chi connectivity index (χ2v) is 18.4. The van der Waals surface area contributed by atoms with Gasteiger partial charge in [0.05, 0.1) is 57.4 Å². The van der Waals surface area contributed by atoms with E-state index in [9.17, 15) is 24.4 Å². The van der Waals surface area contributed by atoms with Crippen LogP contribution in [0.15, 0.2) is 73.3 Å². The lowest BCUT2D eigenvalue weighted by Crippen LogP contribution is -2.52. The molecule has 2 unspecified atom stereocenters. The quantitative estimate of drug-likeness (QED) is 0.0733. The number of ether oxygens (including phenoxy) is 5. The molecular formula is C52H60N8O9. The minimum atomic E-state index is -0.657. The van der Waals surface area contributed by atoms with Crippen molar-refractivity contribution >= 4 is 45.8 Å². The van der Waals surface area contributed by atoms with Crippen molar-refractivity contribution in [1.29, 1.82) is 5.26 Å². The summed E-state index contributed by atoms with van der Waals surface area (Å²) in [6, 6.07) is 22.2. The standard InChI is InChI=1S/C52H60N8O9/c1-3-47(61)41-16-20-59(29-35(41)15-18-53)49-43-17-19-58(45-10-6-8-34-7-4-5-9-40(34)45)32-44(43)54-52(56-49)69-33-37-28-39(31-57(37)2)68-26-24-66-22-21-65-23-25-67-38-11-12-42-36(27-38)30-60(51(42)64)46-13-14-48(62)55-50(46)63/h3-12,27,35,37,39,41,46H,1,13-17,19-26,28-33H2,2H3,(H,55,62,63)/t35-,37-,39+,41?,46?/m0/s1. The van der Waals surface area contributed by atoms with Crippen molar-refractivity contribution in [3.05, 3.63) is 95.7 Å². The Balaban J connectivity index is 0.724. The molecule has 0 saturated carbocycles. The van der Waals surface area contributed by atoms with Gasteiger partial charge in [-0.05, 0) is 79.9 Å². The molecule has 9 rings (SSSR count). The van der Waals surface area contributed by atoms with Crippen LogP contribution >= 0.6 is 0 Å². The molecule has 3 amide bonds. The zero-order chi connectivity index (χ0) is 47.9. The molecule has 1 aromatic heterocycles. The summed E-state index contributed by atoms with van der Waals surface area (Å²) in [5.41, 5.74) is 4.50. The number of anilines is 2. The topological polar surface area (TPSA) is 189 Å². The lowest BCUT2D eigenvalue weighted by atomic mass is 9.80. The third kappa shape index (κ3) is 10.9. The molecule has 0 radical (unpaired) electrons. The molecule has 17 heteroatoms. The number of piperidine rings is 2. The van der Waals surface area contributed by atoms with E-state index in [1.165, 1.54) is 21.7 Å². The predicted octanol–water partition coefficient (Wildman–Crippen LogP) is 4.65. The zero-order valence-electron chi connectivity index (χ0n) is 39.2. The number of nitrogens with zero attached hydrogens (tertiary/aromatic N) is 7. The Hall–Kier alpha value is -6.45. The molecule has 0 aliphatic carbocycles. The molecule has 4 aromatic rings. The molecule has 17 nitrogen and oxygen atoms in total. The van der Waals surface area contributed by atoms with Gasteiger partial charge in [0.25, 0.3) is 5.91 Å². The van der Waals surface area contributed by atoms with Gasteiger partial charge in [-0.1, -0.05) is 43.0 Å². The molecule has 0 spiro atoms. The first kappa shape index (κ1) is 47.6. The van der Waals surface area contributed by atoms with Gasteiger partial charge in [0.1, 0.15) is 30.8 Å². The van der Waals surface area contributed by atoms with Crippen molar-refractivity contribution in [3.63, 3.8) is 0 Å². The Kier molecular flexibility index (Phi) is 15.1. The highest BCUT2D eigenvalue weighted by molar-refractivity contribution is 6.05. The Morgan fingerprint density at radius 2 is 1.71 bits per heavy atom. The number of hydrogen-bond acceptors (Lipinski definition) is 15. The molecule has 5 aliphatic rings. The van der Waals surface area contributed by atoms with Crippen LogP contribution in [0.3, 0.4) is 0 Å². The maximum atomic E-state index is 13.0. The fraction of sp³-hybridized carbons (Fsp3) is 0.481. The number of amides is 3. The Morgan fingerprint density at radius 1 is 0.899 bits per heavy atom. The van der Waals surface area contributed by atoms with Gasteiger partial charge in [-0.3, -0.25) is 29.4 Å². The number of allylic oxidation sites excluding steroid dienone is 1. The van der Waals surface area contributed by atoms with Crippen LogP contribution < -0.4 is 24.6 Å². The minimum absolute atomic E-state index is 0.00587. The van der Waals surface area contributed by atoms with E-state index < -0.39 is 11.9 Å². The summed E-state index contributed by atoms with van der Waals surface area (Å²) in [6.07, 6.45) is 4.37. The van der Waals surface area contributed by atoms with Crippen molar-refractivity contribution < 1.29 is 42.9 Å². The van der Waals surface area contributed by atoms with Crippen LogP contribution in [-0.4, -0.2) is 141 Å². The van der Waals surface area contributed by atoms with Crippen molar-refractivity contribution in [2.75, 3.05) is 89.3 Å². The van der Waals surface area contributed by atoms with Crippen LogP contribution in [0.5, 0.6) is 11.8 Å². The second-order valence-electron chi connectivity index (χ2n) is 18.4. The first-order valence-corrected chi connectivity index (χ1v) is 24.1. The number of carbonyl (C=O) groups is 4. The maximum Gasteiger partial charge on any atom is 0.318 e. The summed E-state index contributed by atoms with van der Waals surface area (Å²) in [4.78, 5) is 68.2. The highest BCUT2D eigenvalue weighted by Crippen LogP contribution is 2.37. The van der Waals surface area contributed by atoms with Gasteiger partial charge < -0.3 is 38.4 Å². The van der Waals surface area contributed by atoms with Crippen LogP contribution in [-0.2, 0) is 48.1 Å². The molecule has 3 fully saturated rings. The number of hydrogen-bond donors (Lipinski definition) is 1. The number of carbonyl (C=O) groups excluding carboxylic acids is 4. The predicted molar refractivity (Wildman–Crippen MR) is 256 cm³/mol. The summed E-state index contributed by atoms with van der Waals surface area (Å²) in [6.45, 7) is 10.1. The smallest absolute Gasteiger partial charge is 0.318 e. The van der Waals surface area contributed by atoms with E-state index in [4.69, 9.17) is 33.7 Å². The summed E-state index contributed by atoms with van der Waals surface area (Å²) in [5.74, 6) is 0.109. The second kappa shape index (κ2) is 21.9. The maximum absolute atomic E-state index is 13.0. The van der Waals surface area contributed by atoms with E-state index in [1.54, 1.807) is 12.1 Å². The van der Waals surface area contributed by atoms with Crippen molar-refractivity contribution in [2.24, 2.45) is 11.8 Å². The number of likely N-dealkylation sites (N-methyl/N-ethyl adjacent to an activating group) is 1. The summed E-state index contributed by atoms with van der Waals surface area (Å²) < 4.78 is 30.1. The first-order chi connectivity index (χ1) is 33.7. The third-order valence-corrected chi connectivity index (χ3v) is 14.1. The molecule has 6 heterocycles. The molecule has 5 aliphatic heterocycles. The minimum Gasteiger partial charge on any atom is -0.491 e. The summed E-state index contributed by atoms with van der Waals surface area (Å²) >= 11 is 0. The first-order valence-electron chi connectivity index (χ1n) is 24.1. The van der Waals surface area contributed by atoms with Gasteiger partial charge >= 0.3 is 6.01 Å². The normalized spacial score (nSPS) is 22.6. The third-order valence-electron chi connectivity index (χ3n) is 14.1. The highest BCUT2D eigenvalue weighted by Gasteiger charge is 2.40. The number of aromatic nitrogens is 2. The molecule has 1 N–H and O–H groups in total. The fourth-order valence-corrected chi connectivity index (χ4v) is 10.4. The van der Waals surface area contributed by atoms with Gasteiger partial charge in [0.2, 0.25) is 11.8 Å². The fourth-order valence-electron chi connectivity index (χ4n) is 10.4. The van der Waals surface area contributed by atoms with E-state index in [0.717, 1.165) is 54.3 Å². The van der Waals surface area contributed by atoms with Crippen molar-refractivity contribution in [1.82, 2.24) is 25.1 Å². The Bertz CT molecular complexity index is 2600. The number of ketones is 1. The van der Waals surface area contributed by atoms with Crippen molar-refractivity contribution in [3.8, 4) is 17.8 Å². The largest absolute Gasteiger partial charge is 0.491 e. The van der Waals surface area contributed by atoms with Gasteiger partial charge in [-0.15, -0.1) is 0 Å². The van der Waals surface area contributed by atoms with Gasteiger partial charge in [-0.2, -0.15) is 15.2 Å². The van der Waals surface area contributed by atoms with Crippen LogP contribution in [0.4, 0.5) is 11.5 Å². The summed E-state index contributed by atoms with van der Waals surface area (Å²) in [7, 11) is 2.07. The van der Waals surface area contributed by atoms with Gasteiger partial charge in [-0.25, -0.2) is 0 Å². The Morgan fingerprint density at radius 3 is 2.54 bits per heavy atom. The lowest BCUT2D eigenvalue weighted by molar-refractivity contribution is -0.137. The zero-order valence-corrected chi connectivity index (χ0v) is 39.2. The van der Waals surface area contributed by atoms with Crippen LogP contribution in [0, 0.1) is 23.2 Å². The SMILES string of the molecule is C=CC(=O)C1CCN(c2nc(OC[C@@H]3C[C@@H](OCCOCCOCCOc4ccc5c(c4)CN(C4CCC(=O)NC4=O)C5=O)CN3C)nc3c2CCN(c2cccc4ccccc24)C3)C[C@@H]1CC#N. The number of imide groups is 1. The van der Waals surface area contributed by atoms with E-state index in [1.807, 2.05) is 6.07 Å². The molecule has 0 bridgehead atoms. The summed E-state index contributed by atoms with van der Waals surface area (Å²) in [5, 5.41) is 14.4. The Labute approximate surface area is 402 Å². The number of rotatable bonds is 20. The molecule has 362 valence electrons. The highest BCUT2D eigenvalue weighted by atomic mass is 16.6. The van der Waals surface area contributed by atoms with E-state index in [2.05, 4.69) is 82.2 Å². The lowest BCUT2D eigenvalue weighted by Gasteiger charge is -2.39. The van der Waals surface area contributed by atoms with Crippen LogP contribution in [0.1, 0.15) is 59.3 Å². The van der Waals surface area contributed by atoms with Gasteiger partial charge in [0.15, 0.2) is 5.78 Å². The molecule has 3 aromatic carbocycles. The molecular weight excluding hydrogens is 881 g/mol. The average Bonchev–Trinajstić information content (AvgIpc) is 3.89. The van der Waals surface area contributed by atoms with E-state index >= 15 is 0 Å². The molecule has 69 heavy (non-hydrogen) atoms. The number of nitriles is 1. The van der Waals surface area contributed by atoms with Crippen LogP contribution in [0.2, 0.25) is 0 Å². The molecule has 5 atom stereocenters. The average molecular weight is 941 g/mol. The number of nitrogens with one attached hydrogen (secondary N) is 1. The van der Waals surface area contributed by atoms with E-state index in [0.29, 0.717) is 96.0 Å². The molecule has 3 saturated heterocycles. The number of fused-ring (bicyclic) bond motifs is 3. The van der Waals surface area contributed by atoms with E-state index in [-0.39, 0.29) is 61.0 Å². The number of benzene rings is 3. The van der Waals surface area contributed by atoms with Crippen LogP contribution in [0.25, 0.3) is 10.8 Å². The van der Waals surface area contributed by atoms with Gasteiger partial charge in [0, 0.05) is 79.7 Å². The van der Waals surface area contributed by atoms with Crippen molar-refractivity contribution in [2.45, 2.75) is 69.8 Å². The number of likely N-dealkylation sites (tertiary alicyclic amines) is 1. The monoisotopic (exact) mass is 940 g/mol.